The quantitative estimate of drug-likeness (QED) is 0.525. The molecule has 3 heterocycles. The SMILES string of the molecule is O=C1c2cc(N3CC[C@@H](Oc4ccc(OCC5CC5)nc4)C3=O)cc(F)c2CC1CC(=O)N1CCOCC1. The van der Waals surface area contributed by atoms with Gasteiger partial charge in [-0.05, 0) is 48.9 Å². The van der Waals surface area contributed by atoms with E-state index in [0.29, 0.717) is 74.7 Å². The number of ketones is 1. The van der Waals surface area contributed by atoms with E-state index < -0.39 is 17.8 Å². The van der Waals surface area contributed by atoms with E-state index in [1.54, 1.807) is 23.1 Å². The van der Waals surface area contributed by atoms with Gasteiger partial charge in [0, 0.05) is 55.7 Å². The molecule has 10 heteroatoms. The number of anilines is 1. The second-order valence-electron chi connectivity index (χ2n) is 10.4. The van der Waals surface area contributed by atoms with Crippen molar-refractivity contribution in [3.05, 3.63) is 47.4 Å². The highest BCUT2D eigenvalue weighted by molar-refractivity contribution is 6.06. The first kappa shape index (κ1) is 24.8. The summed E-state index contributed by atoms with van der Waals surface area (Å²) in [6, 6.07) is 6.31. The van der Waals surface area contributed by atoms with Crippen LogP contribution in [0.15, 0.2) is 30.5 Å². The van der Waals surface area contributed by atoms with Crippen LogP contribution in [0.1, 0.15) is 41.6 Å². The van der Waals surface area contributed by atoms with E-state index in [1.807, 2.05) is 0 Å². The Kier molecular flexibility index (Phi) is 6.73. The molecule has 1 unspecified atom stereocenters. The van der Waals surface area contributed by atoms with Gasteiger partial charge in [-0.25, -0.2) is 9.37 Å². The number of nitrogens with zero attached hydrogens (tertiary/aromatic N) is 3. The second kappa shape index (κ2) is 10.3. The number of fused-ring (bicyclic) bond motifs is 1. The summed E-state index contributed by atoms with van der Waals surface area (Å²) in [5.74, 6) is -0.211. The Labute approximate surface area is 219 Å². The zero-order chi connectivity index (χ0) is 26.2. The fourth-order valence-corrected chi connectivity index (χ4v) is 5.28. The smallest absolute Gasteiger partial charge is 0.268 e. The van der Waals surface area contributed by atoms with Gasteiger partial charge in [-0.2, -0.15) is 0 Å². The molecular weight excluding hydrogens is 493 g/mol. The summed E-state index contributed by atoms with van der Waals surface area (Å²) in [6.07, 6.45) is 3.83. The predicted octanol–water partition coefficient (Wildman–Crippen LogP) is 2.80. The molecule has 0 radical (unpaired) electrons. The van der Waals surface area contributed by atoms with Gasteiger partial charge in [-0.1, -0.05) is 0 Å². The summed E-state index contributed by atoms with van der Waals surface area (Å²) in [6.45, 7) is 2.96. The molecule has 2 amide bonds. The lowest BCUT2D eigenvalue weighted by molar-refractivity contribution is -0.136. The van der Waals surface area contributed by atoms with Crippen molar-refractivity contribution < 1.29 is 33.0 Å². The molecule has 2 aliphatic carbocycles. The minimum absolute atomic E-state index is 0.0410. The topological polar surface area (TPSA) is 98.3 Å². The largest absolute Gasteiger partial charge is 0.479 e. The number of aromatic nitrogens is 1. The Morgan fingerprint density at radius 3 is 2.66 bits per heavy atom. The van der Waals surface area contributed by atoms with Crippen molar-refractivity contribution in [3.8, 4) is 11.6 Å². The maximum atomic E-state index is 15.1. The van der Waals surface area contributed by atoms with Gasteiger partial charge < -0.3 is 24.0 Å². The van der Waals surface area contributed by atoms with Crippen LogP contribution in [0, 0.1) is 17.7 Å². The fourth-order valence-electron chi connectivity index (χ4n) is 5.28. The second-order valence-corrected chi connectivity index (χ2v) is 10.4. The number of benzene rings is 1. The Hall–Kier alpha value is -3.53. The first-order valence-corrected chi connectivity index (χ1v) is 13.3. The standard InChI is InChI=1S/C28H30FN3O6/c29-23-14-19(13-22-21(23)11-18(27(22)34)12-26(33)31-7-9-36-10-8-31)32-6-5-24(28(32)35)38-20-3-4-25(30-15-20)37-16-17-1-2-17/h3-4,13-15,17-18,24H,1-2,5-12,16H2/t18?,24-/m1/s1. The number of amides is 2. The van der Waals surface area contributed by atoms with Crippen LogP contribution in [0.2, 0.25) is 0 Å². The van der Waals surface area contributed by atoms with E-state index in [4.69, 9.17) is 14.2 Å². The van der Waals surface area contributed by atoms with Gasteiger partial charge in [0.2, 0.25) is 11.8 Å². The van der Waals surface area contributed by atoms with Gasteiger partial charge in [0.25, 0.3) is 5.91 Å². The van der Waals surface area contributed by atoms with Gasteiger partial charge in [0.1, 0.15) is 11.6 Å². The number of hydrogen-bond acceptors (Lipinski definition) is 7. The molecule has 38 heavy (non-hydrogen) atoms. The molecule has 2 saturated heterocycles. The van der Waals surface area contributed by atoms with Crippen LogP contribution in [-0.2, 0) is 20.7 Å². The minimum Gasteiger partial charge on any atom is -0.479 e. The number of Topliss-reactive ketones (excluding diaryl/α,β-unsaturated/α-hetero) is 1. The lowest BCUT2D eigenvalue weighted by atomic mass is 10.00. The first-order valence-electron chi connectivity index (χ1n) is 13.3. The third-order valence-corrected chi connectivity index (χ3v) is 7.67. The van der Waals surface area contributed by atoms with E-state index >= 15 is 4.39 Å². The van der Waals surface area contributed by atoms with Gasteiger partial charge in [-0.3, -0.25) is 14.4 Å². The van der Waals surface area contributed by atoms with Crippen LogP contribution in [0.5, 0.6) is 11.6 Å². The highest BCUT2D eigenvalue weighted by atomic mass is 19.1. The molecule has 0 spiro atoms. The van der Waals surface area contributed by atoms with Crippen LogP contribution in [-0.4, -0.2) is 73.0 Å². The Morgan fingerprint density at radius 1 is 1.11 bits per heavy atom. The Bertz CT molecular complexity index is 1240. The monoisotopic (exact) mass is 523 g/mol. The van der Waals surface area contributed by atoms with Crippen LogP contribution >= 0.6 is 0 Å². The van der Waals surface area contributed by atoms with E-state index in [2.05, 4.69) is 4.98 Å². The summed E-state index contributed by atoms with van der Waals surface area (Å²) >= 11 is 0. The third-order valence-electron chi connectivity index (χ3n) is 7.67. The summed E-state index contributed by atoms with van der Waals surface area (Å²) in [5.41, 5.74) is 0.892. The van der Waals surface area contributed by atoms with Gasteiger partial charge >= 0.3 is 0 Å². The van der Waals surface area contributed by atoms with Crippen molar-refractivity contribution >= 4 is 23.3 Å². The number of carbonyl (C=O) groups is 3. The van der Waals surface area contributed by atoms with E-state index in [0.717, 1.165) is 0 Å². The van der Waals surface area contributed by atoms with Crippen LogP contribution < -0.4 is 14.4 Å². The first-order chi connectivity index (χ1) is 18.5. The van der Waals surface area contributed by atoms with E-state index in [9.17, 15) is 14.4 Å². The molecule has 200 valence electrons. The molecular formula is C28H30FN3O6. The Morgan fingerprint density at radius 2 is 1.92 bits per heavy atom. The molecule has 2 atom stereocenters. The molecule has 0 bridgehead atoms. The summed E-state index contributed by atoms with van der Waals surface area (Å²) in [7, 11) is 0. The predicted molar refractivity (Wildman–Crippen MR) is 134 cm³/mol. The molecule has 6 rings (SSSR count). The van der Waals surface area contributed by atoms with Crippen LogP contribution in [0.3, 0.4) is 0 Å². The van der Waals surface area contributed by atoms with Gasteiger partial charge in [0.15, 0.2) is 11.9 Å². The summed E-state index contributed by atoms with van der Waals surface area (Å²) in [4.78, 5) is 46.3. The molecule has 4 aliphatic rings. The average Bonchev–Trinajstić information content (AvgIpc) is 3.63. The van der Waals surface area contributed by atoms with E-state index in [1.165, 1.54) is 30.0 Å². The van der Waals surface area contributed by atoms with Crippen molar-refractivity contribution in [3.63, 3.8) is 0 Å². The minimum atomic E-state index is -0.735. The number of pyridine rings is 1. The molecule has 0 N–H and O–H groups in total. The zero-order valence-electron chi connectivity index (χ0n) is 21.1. The maximum absolute atomic E-state index is 15.1. The maximum Gasteiger partial charge on any atom is 0.268 e. The molecule has 1 aromatic carbocycles. The van der Waals surface area contributed by atoms with Crippen LogP contribution in [0.25, 0.3) is 0 Å². The normalized spacial score (nSPS) is 23.1. The fraction of sp³-hybridized carbons (Fsp3) is 0.500. The number of hydrogen-bond donors (Lipinski definition) is 0. The molecule has 1 aromatic heterocycles. The average molecular weight is 524 g/mol. The number of halogens is 1. The Balaban J connectivity index is 1.10. The number of morpholine rings is 1. The number of ether oxygens (including phenoxy) is 3. The molecule has 2 aromatic rings. The summed E-state index contributed by atoms with van der Waals surface area (Å²) in [5, 5.41) is 0. The van der Waals surface area contributed by atoms with Crippen molar-refractivity contribution in [1.29, 1.82) is 0 Å². The van der Waals surface area contributed by atoms with Crippen molar-refractivity contribution in [2.75, 3.05) is 44.4 Å². The third kappa shape index (κ3) is 5.09. The molecule has 2 aliphatic heterocycles. The number of rotatable bonds is 8. The highest BCUT2D eigenvalue weighted by Gasteiger charge is 2.39. The zero-order valence-corrected chi connectivity index (χ0v) is 21.1. The van der Waals surface area contributed by atoms with Gasteiger partial charge in [0.05, 0.1) is 26.0 Å². The lowest BCUT2D eigenvalue weighted by Gasteiger charge is -2.27. The van der Waals surface area contributed by atoms with Crippen molar-refractivity contribution in [2.24, 2.45) is 11.8 Å². The van der Waals surface area contributed by atoms with Gasteiger partial charge in [-0.15, -0.1) is 0 Å². The highest BCUT2D eigenvalue weighted by Crippen LogP contribution is 2.36. The number of carbonyl (C=O) groups excluding carboxylic acids is 3. The van der Waals surface area contributed by atoms with Crippen molar-refractivity contribution in [2.45, 2.75) is 38.2 Å². The summed E-state index contributed by atoms with van der Waals surface area (Å²) < 4.78 is 31.9. The van der Waals surface area contributed by atoms with E-state index in [-0.39, 0.29) is 36.0 Å². The molecule has 9 nitrogen and oxygen atoms in total. The molecule has 3 fully saturated rings. The van der Waals surface area contributed by atoms with Crippen molar-refractivity contribution in [1.82, 2.24) is 9.88 Å². The molecule has 1 saturated carbocycles. The van der Waals surface area contributed by atoms with Crippen LogP contribution in [0.4, 0.5) is 10.1 Å². The lowest BCUT2D eigenvalue weighted by Crippen LogP contribution is -2.41.